The molecule has 2 atom stereocenters. The lowest BCUT2D eigenvalue weighted by Gasteiger charge is -2.15. The fourth-order valence-corrected chi connectivity index (χ4v) is 3.46. The molecule has 6 heteroatoms. The summed E-state index contributed by atoms with van der Waals surface area (Å²) in [6.07, 6.45) is 0.891. The number of carbonyl (C=O) groups is 1. The van der Waals surface area contributed by atoms with E-state index in [9.17, 15) is 4.79 Å². The molecule has 5 nitrogen and oxygen atoms in total. The number of nitrogens with zero attached hydrogens (tertiary/aromatic N) is 3. The second kappa shape index (κ2) is 5.63. The smallest absolute Gasteiger partial charge is 0.308 e. The average molecular weight is 330 g/mol. The standard InChI is InChI=1S/C13H20BrN3O2/c1-4-10-12(14)11(16(3)15-10)7-17-5-8(2)9(6-17)13(18)19/h8-9H,4-7H2,1-3H3,(H,18,19)/t8-,9-/m1/s1. The lowest BCUT2D eigenvalue weighted by atomic mass is 9.99. The molecule has 0 unspecified atom stereocenters. The molecule has 1 fully saturated rings. The molecule has 1 aliphatic heterocycles. The van der Waals surface area contributed by atoms with Gasteiger partial charge in [-0.1, -0.05) is 13.8 Å². The first-order chi connectivity index (χ1) is 8.93. The molecule has 1 aromatic heterocycles. The van der Waals surface area contributed by atoms with Crippen molar-refractivity contribution in [3.8, 4) is 0 Å². The molecule has 0 aromatic carbocycles. The number of aromatic nitrogens is 2. The minimum atomic E-state index is -0.687. The van der Waals surface area contributed by atoms with Crippen molar-refractivity contribution in [3.05, 3.63) is 15.9 Å². The Bertz CT molecular complexity index is 486. The molecule has 1 N–H and O–H groups in total. The number of halogens is 1. The van der Waals surface area contributed by atoms with Gasteiger partial charge < -0.3 is 5.11 Å². The van der Waals surface area contributed by atoms with Crippen molar-refractivity contribution in [2.24, 2.45) is 18.9 Å². The zero-order valence-electron chi connectivity index (χ0n) is 11.6. The normalized spacial score (nSPS) is 24.0. The highest BCUT2D eigenvalue weighted by Gasteiger charge is 2.35. The third-order valence-corrected chi connectivity index (χ3v) is 4.80. The van der Waals surface area contributed by atoms with Gasteiger partial charge in [-0.3, -0.25) is 14.4 Å². The van der Waals surface area contributed by atoms with Crippen LogP contribution in [-0.2, 0) is 24.8 Å². The molecule has 106 valence electrons. The number of carboxylic acids is 1. The summed E-state index contributed by atoms with van der Waals surface area (Å²) in [5, 5.41) is 13.6. The van der Waals surface area contributed by atoms with Crippen LogP contribution in [0, 0.1) is 11.8 Å². The molecular formula is C13H20BrN3O2. The Morgan fingerprint density at radius 3 is 2.68 bits per heavy atom. The molecular weight excluding hydrogens is 310 g/mol. The molecule has 0 aliphatic carbocycles. The van der Waals surface area contributed by atoms with E-state index in [1.165, 1.54) is 0 Å². The van der Waals surface area contributed by atoms with Gasteiger partial charge in [-0.2, -0.15) is 5.10 Å². The quantitative estimate of drug-likeness (QED) is 0.916. The van der Waals surface area contributed by atoms with Gasteiger partial charge in [0.2, 0.25) is 0 Å². The second-order valence-corrected chi connectivity index (χ2v) is 6.09. The first-order valence-corrected chi connectivity index (χ1v) is 7.38. The minimum Gasteiger partial charge on any atom is -0.481 e. The summed E-state index contributed by atoms with van der Waals surface area (Å²) in [4.78, 5) is 13.3. The van der Waals surface area contributed by atoms with Crippen LogP contribution in [0.1, 0.15) is 25.2 Å². The van der Waals surface area contributed by atoms with Crippen molar-refractivity contribution in [2.45, 2.75) is 26.8 Å². The van der Waals surface area contributed by atoms with Crippen LogP contribution in [0.15, 0.2) is 4.47 Å². The molecule has 1 aromatic rings. The maximum Gasteiger partial charge on any atom is 0.308 e. The largest absolute Gasteiger partial charge is 0.481 e. The van der Waals surface area contributed by atoms with E-state index >= 15 is 0 Å². The monoisotopic (exact) mass is 329 g/mol. The van der Waals surface area contributed by atoms with Crippen LogP contribution < -0.4 is 0 Å². The molecule has 2 rings (SSSR count). The third-order valence-electron chi connectivity index (χ3n) is 3.88. The summed E-state index contributed by atoms with van der Waals surface area (Å²) in [5.74, 6) is -0.735. The highest BCUT2D eigenvalue weighted by atomic mass is 79.9. The summed E-state index contributed by atoms with van der Waals surface area (Å²) >= 11 is 3.60. The SMILES string of the molecule is CCc1nn(C)c(CN2C[C@@H](C)[C@H](C(=O)O)C2)c1Br. The van der Waals surface area contributed by atoms with Gasteiger partial charge in [-0.15, -0.1) is 0 Å². The summed E-state index contributed by atoms with van der Waals surface area (Å²) in [6.45, 7) is 6.29. The van der Waals surface area contributed by atoms with E-state index in [0.29, 0.717) is 6.54 Å². The van der Waals surface area contributed by atoms with Crippen LogP contribution in [0.2, 0.25) is 0 Å². The van der Waals surface area contributed by atoms with Crippen molar-refractivity contribution in [3.63, 3.8) is 0 Å². The Morgan fingerprint density at radius 1 is 1.53 bits per heavy atom. The Balaban J connectivity index is 2.11. The Morgan fingerprint density at radius 2 is 2.21 bits per heavy atom. The maximum absolute atomic E-state index is 11.1. The molecule has 1 aliphatic rings. The van der Waals surface area contributed by atoms with Crippen molar-refractivity contribution in [2.75, 3.05) is 13.1 Å². The number of hydrogen-bond donors (Lipinski definition) is 1. The number of carboxylic acid groups (broad SMARTS) is 1. The molecule has 0 amide bonds. The van der Waals surface area contributed by atoms with Gasteiger partial charge >= 0.3 is 5.97 Å². The van der Waals surface area contributed by atoms with E-state index in [0.717, 1.165) is 35.4 Å². The van der Waals surface area contributed by atoms with E-state index in [1.54, 1.807) is 0 Å². The molecule has 0 radical (unpaired) electrons. The molecule has 2 heterocycles. The van der Waals surface area contributed by atoms with Crippen molar-refractivity contribution in [1.82, 2.24) is 14.7 Å². The number of rotatable bonds is 4. The van der Waals surface area contributed by atoms with Crippen LogP contribution >= 0.6 is 15.9 Å². The molecule has 19 heavy (non-hydrogen) atoms. The molecule has 0 spiro atoms. The van der Waals surface area contributed by atoms with Crippen LogP contribution in [0.25, 0.3) is 0 Å². The summed E-state index contributed by atoms with van der Waals surface area (Å²) in [6, 6.07) is 0. The van der Waals surface area contributed by atoms with Gasteiger partial charge in [0.15, 0.2) is 0 Å². The zero-order valence-corrected chi connectivity index (χ0v) is 13.1. The second-order valence-electron chi connectivity index (χ2n) is 5.30. The molecule has 0 saturated carbocycles. The van der Waals surface area contributed by atoms with Gasteiger partial charge in [0.1, 0.15) is 0 Å². The van der Waals surface area contributed by atoms with Crippen LogP contribution in [0.5, 0.6) is 0 Å². The molecule has 1 saturated heterocycles. The van der Waals surface area contributed by atoms with Crippen molar-refractivity contribution in [1.29, 1.82) is 0 Å². The highest BCUT2D eigenvalue weighted by molar-refractivity contribution is 9.10. The number of aliphatic carboxylic acids is 1. The Hall–Kier alpha value is -0.880. The number of likely N-dealkylation sites (tertiary alicyclic amines) is 1. The first-order valence-electron chi connectivity index (χ1n) is 6.59. The lowest BCUT2D eigenvalue weighted by molar-refractivity contribution is -0.142. The van der Waals surface area contributed by atoms with E-state index < -0.39 is 5.97 Å². The van der Waals surface area contributed by atoms with Crippen LogP contribution in [0.4, 0.5) is 0 Å². The molecule has 0 bridgehead atoms. The van der Waals surface area contributed by atoms with Gasteiger partial charge in [0, 0.05) is 26.7 Å². The van der Waals surface area contributed by atoms with E-state index in [1.807, 2.05) is 18.7 Å². The van der Waals surface area contributed by atoms with Crippen molar-refractivity contribution >= 4 is 21.9 Å². The average Bonchev–Trinajstić information content (AvgIpc) is 2.84. The van der Waals surface area contributed by atoms with Gasteiger partial charge in [-0.25, -0.2) is 0 Å². The number of aryl methyl sites for hydroxylation is 2. The van der Waals surface area contributed by atoms with E-state index in [4.69, 9.17) is 5.11 Å². The number of hydrogen-bond acceptors (Lipinski definition) is 3. The van der Waals surface area contributed by atoms with E-state index in [-0.39, 0.29) is 11.8 Å². The zero-order chi connectivity index (χ0) is 14.2. The topological polar surface area (TPSA) is 58.4 Å². The highest BCUT2D eigenvalue weighted by Crippen LogP contribution is 2.28. The predicted octanol–water partition coefficient (Wildman–Crippen LogP) is 1.90. The van der Waals surface area contributed by atoms with Crippen molar-refractivity contribution < 1.29 is 9.90 Å². The Labute approximate surface area is 121 Å². The minimum absolute atomic E-state index is 0.204. The van der Waals surface area contributed by atoms with Gasteiger partial charge in [-0.05, 0) is 28.3 Å². The lowest BCUT2D eigenvalue weighted by Crippen LogP contribution is -2.24. The summed E-state index contributed by atoms with van der Waals surface area (Å²) in [5.41, 5.74) is 2.18. The predicted molar refractivity (Wildman–Crippen MR) is 75.9 cm³/mol. The fraction of sp³-hybridized carbons (Fsp3) is 0.692. The van der Waals surface area contributed by atoms with Crippen LogP contribution in [-0.4, -0.2) is 38.8 Å². The van der Waals surface area contributed by atoms with E-state index in [2.05, 4.69) is 32.9 Å². The third kappa shape index (κ3) is 2.84. The Kier molecular flexibility index (Phi) is 4.30. The summed E-state index contributed by atoms with van der Waals surface area (Å²) < 4.78 is 2.95. The van der Waals surface area contributed by atoms with Gasteiger partial charge in [0.25, 0.3) is 0 Å². The first kappa shape index (κ1) is 14.5. The maximum atomic E-state index is 11.1. The van der Waals surface area contributed by atoms with Crippen LogP contribution in [0.3, 0.4) is 0 Å². The summed E-state index contributed by atoms with van der Waals surface area (Å²) in [7, 11) is 1.94. The van der Waals surface area contributed by atoms with Gasteiger partial charge in [0.05, 0.1) is 21.8 Å². The fourth-order valence-electron chi connectivity index (χ4n) is 2.72.